The molecule has 5 heteroatoms. The highest BCUT2D eigenvalue weighted by Gasteiger charge is 2.53. The number of rotatable bonds is 6. The predicted molar refractivity (Wildman–Crippen MR) is 125 cm³/mol. The second-order valence-corrected chi connectivity index (χ2v) is 10.1. The van der Waals surface area contributed by atoms with Crippen LogP contribution in [0.25, 0.3) is 0 Å². The minimum atomic E-state index is -0.738. The van der Waals surface area contributed by atoms with Crippen molar-refractivity contribution in [3.05, 3.63) is 71.8 Å². The van der Waals surface area contributed by atoms with E-state index in [4.69, 9.17) is 4.74 Å². The molecular weight excluding hydrogens is 400 g/mol. The van der Waals surface area contributed by atoms with Gasteiger partial charge in [-0.15, -0.1) is 0 Å². The fourth-order valence-corrected chi connectivity index (χ4v) is 5.04. The number of hydrogen-bond donors (Lipinski definition) is 1. The summed E-state index contributed by atoms with van der Waals surface area (Å²) in [5, 5.41) is 3.63. The van der Waals surface area contributed by atoms with E-state index >= 15 is 0 Å². The van der Waals surface area contributed by atoms with Gasteiger partial charge in [-0.05, 0) is 64.0 Å². The zero-order valence-electron chi connectivity index (χ0n) is 19.3. The molecule has 2 aliphatic heterocycles. The predicted octanol–water partition coefficient (Wildman–Crippen LogP) is 4.25. The number of nitrogens with zero attached hydrogens (tertiary/aromatic N) is 1. The maximum absolute atomic E-state index is 14.1. The molecule has 3 atom stereocenters. The standard InChI is InChI=1S/C27H34N2O3/c1-26(2,3)32-24(30)23-15-14-22-16-17-27(25(31)29(22)23,18-20-10-6-4-7-11-20)28-19-21-12-8-5-9-13-21/h4-13,22-23,28H,14-19H2,1-3H3/t22-,23+,27+/m1/s1. The molecule has 0 radical (unpaired) electrons. The van der Waals surface area contributed by atoms with Crippen molar-refractivity contribution in [2.45, 2.75) is 82.6 Å². The fourth-order valence-electron chi connectivity index (χ4n) is 5.04. The summed E-state index contributed by atoms with van der Waals surface area (Å²) in [6, 6.07) is 19.9. The number of fused-ring (bicyclic) bond motifs is 1. The number of hydrogen-bond acceptors (Lipinski definition) is 4. The number of carbonyl (C=O) groups is 2. The molecule has 2 aliphatic rings. The maximum Gasteiger partial charge on any atom is 0.329 e. The van der Waals surface area contributed by atoms with Crippen molar-refractivity contribution < 1.29 is 14.3 Å². The van der Waals surface area contributed by atoms with Crippen LogP contribution in [0.3, 0.4) is 0 Å². The van der Waals surface area contributed by atoms with Gasteiger partial charge in [-0.1, -0.05) is 60.7 Å². The van der Waals surface area contributed by atoms with Gasteiger partial charge < -0.3 is 9.64 Å². The summed E-state index contributed by atoms with van der Waals surface area (Å²) in [5.41, 5.74) is 0.951. The van der Waals surface area contributed by atoms with Gasteiger partial charge in [0.2, 0.25) is 5.91 Å². The Morgan fingerprint density at radius 2 is 1.62 bits per heavy atom. The van der Waals surface area contributed by atoms with Gasteiger partial charge >= 0.3 is 5.97 Å². The van der Waals surface area contributed by atoms with Crippen molar-refractivity contribution in [3.8, 4) is 0 Å². The smallest absolute Gasteiger partial charge is 0.329 e. The minimum Gasteiger partial charge on any atom is -0.458 e. The summed E-state index contributed by atoms with van der Waals surface area (Å²) in [4.78, 5) is 28.9. The highest BCUT2D eigenvalue weighted by molar-refractivity contribution is 5.92. The number of benzene rings is 2. The van der Waals surface area contributed by atoms with Crippen molar-refractivity contribution in [1.29, 1.82) is 0 Å². The lowest BCUT2D eigenvalue weighted by Crippen LogP contribution is -2.65. The molecule has 0 saturated carbocycles. The molecule has 2 heterocycles. The van der Waals surface area contributed by atoms with Crippen LogP contribution in [-0.2, 0) is 27.3 Å². The number of amides is 1. The van der Waals surface area contributed by atoms with Gasteiger partial charge in [-0.2, -0.15) is 0 Å². The summed E-state index contributed by atoms with van der Waals surface area (Å²) in [6.07, 6.45) is 3.78. The zero-order chi connectivity index (χ0) is 22.8. The molecule has 0 aromatic heterocycles. The van der Waals surface area contributed by atoms with Crippen molar-refractivity contribution in [1.82, 2.24) is 10.2 Å². The summed E-state index contributed by atoms with van der Waals surface area (Å²) >= 11 is 0. The first-order valence-corrected chi connectivity index (χ1v) is 11.7. The molecule has 1 amide bonds. The molecule has 2 saturated heterocycles. The van der Waals surface area contributed by atoms with Gasteiger partial charge in [0, 0.05) is 12.6 Å². The lowest BCUT2D eigenvalue weighted by atomic mass is 9.79. The lowest BCUT2D eigenvalue weighted by Gasteiger charge is -2.46. The quantitative estimate of drug-likeness (QED) is 0.691. The van der Waals surface area contributed by atoms with Gasteiger partial charge in [0.25, 0.3) is 0 Å². The lowest BCUT2D eigenvalue weighted by molar-refractivity contribution is -0.167. The van der Waals surface area contributed by atoms with E-state index in [1.165, 1.54) is 0 Å². The van der Waals surface area contributed by atoms with Crippen molar-refractivity contribution in [2.75, 3.05) is 0 Å². The largest absolute Gasteiger partial charge is 0.458 e. The van der Waals surface area contributed by atoms with Crippen LogP contribution in [0, 0.1) is 0 Å². The van der Waals surface area contributed by atoms with E-state index in [0.29, 0.717) is 19.4 Å². The Morgan fingerprint density at radius 1 is 1.00 bits per heavy atom. The minimum absolute atomic E-state index is 0.0295. The number of nitrogens with one attached hydrogen (secondary N) is 1. The van der Waals surface area contributed by atoms with Crippen molar-refractivity contribution >= 4 is 11.9 Å². The van der Waals surface area contributed by atoms with Gasteiger partial charge in [-0.3, -0.25) is 10.1 Å². The third-order valence-corrected chi connectivity index (χ3v) is 6.55. The molecule has 2 aromatic rings. The Hall–Kier alpha value is -2.66. The zero-order valence-corrected chi connectivity index (χ0v) is 19.3. The summed E-state index contributed by atoms with van der Waals surface area (Å²) in [7, 11) is 0. The van der Waals surface area contributed by atoms with Crippen LogP contribution < -0.4 is 5.32 Å². The van der Waals surface area contributed by atoms with Crippen molar-refractivity contribution in [2.24, 2.45) is 0 Å². The molecule has 4 rings (SSSR count). The SMILES string of the molecule is CC(C)(C)OC(=O)[C@@H]1CC[C@@H]2CC[C@@](Cc3ccccc3)(NCc3ccccc3)C(=O)N21. The molecule has 0 unspecified atom stereocenters. The average Bonchev–Trinajstić information content (AvgIpc) is 3.20. The van der Waals surface area contributed by atoms with Crippen LogP contribution in [0.4, 0.5) is 0 Å². The fraction of sp³-hybridized carbons (Fsp3) is 0.481. The number of esters is 1. The van der Waals surface area contributed by atoms with E-state index in [2.05, 4.69) is 29.6 Å². The molecular formula is C27H34N2O3. The Labute approximate surface area is 191 Å². The van der Waals surface area contributed by atoms with E-state index in [1.807, 2.05) is 62.1 Å². The summed E-state index contributed by atoms with van der Waals surface area (Å²) < 4.78 is 5.68. The maximum atomic E-state index is 14.1. The third kappa shape index (κ3) is 4.88. The van der Waals surface area contributed by atoms with Gasteiger partial charge in [-0.25, -0.2) is 4.79 Å². The monoisotopic (exact) mass is 434 g/mol. The summed E-state index contributed by atoms with van der Waals surface area (Å²) in [5.74, 6) is -0.256. The van der Waals surface area contributed by atoms with Crippen LogP contribution >= 0.6 is 0 Å². The molecule has 0 bridgehead atoms. The first kappa shape index (κ1) is 22.5. The number of piperidine rings is 1. The molecule has 0 spiro atoms. The van der Waals surface area contributed by atoms with Gasteiger partial charge in [0.05, 0.1) is 0 Å². The molecule has 32 heavy (non-hydrogen) atoms. The Kier molecular flexibility index (Phi) is 6.38. The van der Waals surface area contributed by atoms with Gasteiger partial charge in [0.15, 0.2) is 0 Å². The Bertz CT molecular complexity index is 938. The van der Waals surface area contributed by atoms with Crippen LogP contribution in [-0.4, -0.2) is 40.0 Å². The topological polar surface area (TPSA) is 58.6 Å². The second-order valence-electron chi connectivity index (χ2n) is 10.1. The molecule has 5 nitrogen and oxygen atoms in total. The molecule has 2 fully saturated rings. The average molecular weight is 435 g/mol. The second kappa shape index (κ2) is 9.07. The van der Waals surface area contributed by atoms with Gasteiger partial charge in [0.1, 0.15) is 17.2 Å². The first-order valence-electron chi connectivity index (χ1n) is 11.7. The number of carbonyl (C=O) groups excluding carboxylic acids is 2. The number of ether oxygens (including phenoxy) is 1. The Balaban J connectivity index is 1.61. The van der Waals surface area contributed by atoms with E-state index in [-0.39, 0.29) is 17.9 Å². The van der Waals surface area contributed by atoms with Crippen LogP contribution in [0.15, 0.2) is 60.7 Å². The van der Waals surface area contributed by atoms with E-state index in [0.717, 1.165) is 30.4 Å². The molecule has 170 valence electrons. The highest BCUT2D eigenvalue weighted by Crippen LogP contribution is 2.39. The van der Waals surface area contributed by atoms with Crippen molar-refractivity contribution in [3.63, 3.8) is 0 Å². The van der Waals surface area contributed by atoms with Crippen LogP contribution in [0.1, 0.15) is 57.6 Å². The first-order chi connectivity index (χ1) is 15.3. The van der Waals surface area contributed by atoms with Crippen LogP contribution in [0.5, 0.6) is 0 Å². The van der Waals surface area contributed by atoms with Crippen LogP contribution in [0.2, 0.25) is 0 Å². The molecule has 1 N–H and O–H groups in total. The van der Waals surface area contributed by atoms with E-state index < -0.39 is 17.2 Å². The van der Waals surface area contributed by atoms with E-state index in [1.54, 1.807) is 0 Å². The Morgan fingerprint density at radius 3 is 2.25 bits per heavy atom. The van der Waals surface area contributed by atoms with E-state index in [9.17, 15) is 9.59 Å². The highest BCUT2D eigenvalue weighted by atomic mass is 16.6. The third-order valence-electron chi connectivity index (χ3n) is 6.55. The normalized spacial score (nSPS) is 25.5. The summed E-state index contributed by atoms with van der Waals surface area (Å²) in [6.45, 7) is 6.22. The molecule has 2 aromatic carbocycles. The molecule has 0 aliphatic carbocycles.